The Bertz CT molecular complexity index is 331. The maximum Gasteiger partial charge on any atom is 0.179 e. The van der Waals surface area contributed by atoms with Crippen LogP contribution in [0.25, 0.3) is 0 Å². The van der Waals surface area contributed by atoms with E-state index in [0.29, 0.717) is 5.69 Å². The van der Waals surface area contributed by atoms with Crippen LogP contribution in [-0.4, -0.2) is 15.8 Å². The summed E-state index contributed by atoms with van der Waals surface area (Å²) in [7, 11) is 0. The zero-order chi connectivity index (χ0) is 12.5. The molecule has 0 fully saturated rings. The molecule has 3 heteroatoms. The van der Waals surface area contributed by atoms with Gasteiger partial charge in [0.25, 0.3) is 0 Å². The van der Waals surface area contributed by atoms with Crippen molar-refractivity contribution < 1.29 is 4.79 Å². The molecule has 0 aliphatic heterocycles. The van der Waals surface area contributed by atoms with Crippen molar-refractivity contribution in [2.45, 2.75) is 65.2 Å². The van der Waals surface area contributed by atoms with Crippen molar-refractivity contribution in [3.05, 3.63) is 17.7 Å². The van der Waals surface area contributed by atoms with E-state index in [9.17, 15) is 4.79 Å². The number of aryl methyl sites for hydroxylation is 1. The van der Waals surface area contributed by atoms with Crippen molar-refractivity contribution in [1.29, 1.82) is 0 Å². The molecule has 0 atom stereocenters. The van der Waals surface area contributed by atoms with E-state index in [0.717, 1.165) is 18.7 Å². The SMILES string of the molecule is CCCCCCCCCc1nc(C(C)=O)c[nH]1. The van der Waals surface area contributed by atoms with Crippen molar-refractivity contribution in [2.24, 2.45) is 0 Å². The highest BCUT2D eigenvalue weighted by Gasteiger charge is 2.04. The lowest BCUT2D eigenvalue weighted by molar-refractivity contribution is 0.101. The van der Waals surface area contributed by atoms with Crippen LogP contribution >= 0.6 is 0 Å². The van der Waals surface area contributed by atoms with Crippen LogP contribution in [0.2, 0.25) is 0 Å². The summed E-state index contributed by atoms with van der Waals surface area (Å²) in [5, 5.41) is 0. The van der Waals surface area contributed by atoms with Gasteiger partial charge in [-0.3, -0.25) is 4.79 Å². The molecule has 1 rings (SSSR count). The zero-order valence-corrected chi connectivity index (χ0v) is 11.1. The predicted molar refractivity (Wildman–Crippen MR) is 70.3 cm³/mol. The average molecular weight is 236 g/mol. The quantitative estimate of drug-likeness (QED) is 0.522. The molecule has 0 saturated heterocycles. The van der Waals surface area contributed by atoms with Gasteiger partial charge >= 0.3 is 0 Å². The largest absolute Gasteiger partial charge is 0.348 e. The van der Waals surface area contributed by atoms with Crippen molar-refractivity contribution >= 4 is 5.78 Å². The number of carbonyl (C=O) groups is 1. The predicted octanol–water partition coefficient (Wildman–Crippen LogP) is 3.91. The van der Waals surface area contributed by atoms with E-state index in [1.807, 2.05) is 0 Å². The lowest BCUT2D eigenvalue weighted by Gasteiger charge is -1.99. The summed E-state index contributed by atoms with van der Waals surface area (Å²) in [6.45, 7) is 3.79. The molecule has 17 heavy (non-hydrogen) atoms. The van der Waals surface area contributed by atoms with Crippen molar-refractivity contribution in [3.8, 4) is 0 Å². The number of nitrogens with zero attached hydrogens (tertiary/aromatic N) is 1. The second-order valence-electron chi connectivity index (χ2n) is 4.66. The third kappa shape index (κ3) is 5.66. The number of hydrogen-bond donors (Lipinski definition) is 1. The van der Waals surface area contributed by atoms with Crippen LogP contribution in [0.1, 0.15) is 75.1 Å². The topological polar surface area (TPSA) is 45.8 Å². The van der Waals surface area contributed by atoms with Gasteiger partial charge in [0.1, 0.15) is 11.5 Å². The molecule has 0 radical (unpaired) electrons. The number of aromatic nitrogens is 2. The zero-order valence-electron chi connectivity index (χ0n) is 11.1. The molecule has 0 aromatic carbocycles. The molecular formula is C14H24N2O. The Morgan fingerprint density at radius 1 is 1.18 bits per heavy atom. The van der Waals surface area contributed by atoms with Crippen LogP contribution in [0.4, 0.5) is 0 Å². The van der Waals surface area contributed by atoms with Crippen LogP contribution < -0.4 is 0 Å². The van der Waals surface area contributed by atoms with Gasteiger partial charge in [-0.05, 0) is 6.42 Å². The lowest BCUT2D eigenvalue weighted by Crippen LogP contribution is -1.93. The summed E-state index contributed by atoms with van der Waals surface area (Å²) < 4.78 is 0. The molecule has 0 amide bonds. The minimum absolute atomic E-state index is 0.0343. The molecule has 0 bridgehead atoms. The summed E-state index contributed by atoms with van der Waals surface area (Å²) in [5.74, 6) is 0.982. The number of carbonyl (C=O) groups excluding carboxylic acids is 1. The molecule has 0 aliphatic rings. The molecule has 0 spiro atoms. The van der Waals surface area contributed by atoms with Gasteiger partial charge in [0, 0.05) is 19.5 Å². The fraction of sp³-hybridized carbons (Fsp3) is 0.714. The molecule has 1 aromatic rings. The van der Waals surface area contributed by atoms with Crippen molar-refractivity contribution in [2.75, 3.05) is 0 Å². The summed E-state index contributed by atoms with van der Waals surface area (Å²) in [6.07, 6.45) is 11.8. The van der Waals surface area contributed by atoms with Gasteiger partial charge in [-0.2, -0.15) is 0 Å². The van der Waals surface area contributed by atoms with E-state index < -0.39 is 0 Å². The second-order valence-corrected chi connectivity index (χ2v) is 4.66. The number of imidazole rings is 1. The highest BCUT2D eigenvalue weighted by molar-refractivity contribution is 5.91. The van der Waals surface area contributed by atoms with E-state index in [2.05, 4.69) is 16.9 Å². The number of nitrogens with one attached hydrogen (secondary N) is 1. The Labute approximate surface area is 104 Å². The summed E-state index contributed by atoms with van der Waals surface area (Å²) in [5.41, 5.74) is 0.558. The first kappa shape index (κ1) is 13.9. The summed E-state index contributed by atoms with van der Waals surface area (Å²) in [4.78, 5) is 18.4. The Morgan fingerprint density at radius 3 is 2.41 bits per heavy atom. The second kappa shape index (κ2) is 8.04. The van der Waals surface area contributed by atoms with Gasteiger partial charge in [0.15, 0.2) is 5.78 Å². The minimum Gasteiger partial charge on any atom is -0.348 e. The number of ketones is 1. The van der Waals surface area contributed by atoms with E-state index in [-0.39, 0.29) is 5.78 Å². The third-order valence-corrected chi connectivity index (χ3v) is 3.01. The molecule has 1 heterocycles. The molecule has 0 unspecified atom stereocenters. The first-order valence-electron chi connectivity index (χ1n) is 6.79. The fourth-order valence-electron chi connectivity index (χ4n) is 1.92. The van der Waals surface area contributed by atoms with E-state index in [1.165, 1.54) is 38.5 Å². The fourth-order valence-corrected chi connectivity index (χ4v) is 1.92. The summed E-state index contributed by atoms with van der Waals surface area (Å²) in [6, 6.07) is 0. The number of aromatic amines is 1. The van der Waals surface area contributed by atoms with E-state index in [4.69, 9.17) is 0 Å². The van der Waals surface area contributed by atoms with Crippen molar-refractivity contribution in [1.82, 2.24) is 9.97 Å². The number of hydrogen-bond acceptors (Lipinski definition) is 2. The van der Waals surface area contributed by atoms with Gasteiger partial charge in [0.2, 0.25) is 0 Å². The molecule has 3 nitrogen and oxygen atoms in total. The van der Waals surface area contributed by atoms with Crippen LogP contribution in [-0.2, 0) is 6.42 Å². The number of unbranched alkanes of at least 4 members (excludes halogenated alkanes) is 6. The van der Waals surface area contributed by atoms with E-state index in [1.54, 1.807) is 13.1 Å². The highest BCUT2D eigenvalue weighted by atomic mass is 16.1. The average Bonchev–Trinajstić information content (AvgIpc) is 2.77. The molecule has 1 N–H and O–H groups in total. The number of rotatable bonds is 9. The first-order chi connectivity index (χ1) is 8.24. The van der Waals surface area contributed by atoms with Crippen LogP contribution in [0, 0.1) is 0 Å². The monoisotopic (exact) mass is 236 g/mol. The summed E-state index contributed by atoms with van der Waals surface area (Å²) >= 11 is 0. The van der Waals surface area contributed by atoms with Gasteiger partial charge in [-0.25, -0.2) is 4.98 Å². The number of H-pyrrole nitrogens is 1. The van der Waals surface area contributed by atoms with Gasteiger partial charge in [0.05, 0.1) is 0 Å². The first-order valence-corrected chi connectivity index (χ1v) is 6.79. The Balaban J connectivity index is 2.07. The van der Waals surface area contributed by atoms with Crippen molar-refractivity contribution in [3.63, 3.8) is 0 Å². The third-order valence-electron chi connectivity index (χ3n) is 3.01. The maximum atomic E-state index is 11.1. The smallest absolute Gasteiger partial charge is 0.179 e. The maximum absolute atomic E-state index is 11.1. The van der Waals surface area contributed by atoms with Gasteiger partial charge in [-0.1, -0.05) is 45.4 Å². The van der Waals surface area contributed by atoms with Gasteiger partial charge < -0.3 is 4.98 Å². The molecule has 1 aromatic heterocycles. The van der Waals surface area contributed by atoms with Crippen LogP contribution in [0.3, 0.4) is 0 Å². The molecule has 96 valence electrons. The Kier molecular flexibility index (Phi) is 6.60. The highest BCUT2D eigenvalue weighted by Crippen LogP contribution is 2.09. The lowest BCUT2D eigenvalue weighted by atomic mass is 10.1. The minimum atomic E-state index is 0.0343. The molecule has 0 aliphatic carbocycles. The van der Waals surface area contributed by atoms with Crippen LogP contribution in [0.15, 0.2) is 6.20 Å². The molecule has 0 saturated carbocycles. The standard InChI is InChI=1S/C14H24N2O/c1-3-4-5-6-7-8-9-10-14-15-11-13(16-14)12(2)17/h11H,3-10H2,1-2H3,(H,15,16). The molecular weight excluding hydrogens is 212 g/mol. The van der Waals surface area contributed by atoms with E-state index >= 15 is 0 Å². The van der Waals surface area contributed by atoms with Crippen LogP contribution in [0.5, 0.6) is 0 Å². The Hall–Kier alpha value is -1.12. The normalized spacial score (nSPS) is 10.7. The number of Topliss-reactive ketones (excluding diaryl/α,β-unsaturated/α-hetero) is 1. The van der Waals surface area contributed by atoms with Gasteiger partial charge in [-0.15, -0.1) is 0 Å². The Morgan fingerprint density at radius 2 is 1.82 bits per heavy atom.